The van der Waals surface area contributed by atoms with Gasteiger partial charge in [0.05, 0.1) is 5.92 Å². The third-order valence-electron chi connectivity index (χ3n) is 4.59. The van der Waals surface area contributed by atoms with Crippen molar-refractivity contribution in [2.24, 2.45) is 17.8 Å². The Morgan fingerprint density at radius 3 is 2.05 bits per heavy atom. The lowest BCUT2D eigenvalue weighted by Crippen LogP contribution is -2.15. The smallest absolute Gasteiger partial charge is 0.306 e. The fraction of sp³-hybridized carbons (Fsp3) is 0.263. The normalized spacial score (nSPS) is 24.5. The highest BCUT2D eigenvalue weighted by molar-refractivity contribution is 6.01. The van der Waals surface area contributed by atoms with Gasteiger partial charge in [0.25, 0.3) is 0 Å². The summed E-state index contributed by atoms with van der Waals surface area (Å²) in [4.78, 5) is 24.1. The predicted molar refractivity (Wildman–Crippen MR) is 83.7 cm³/mol. The van der Waals surface area contributed by atoms with Crippen molar-refractivity contribution in [1.82, 2.24) is 0 Å². The summed E-state index contributed by atoms with van der Waals surface area (Å²) in [7, 11) is 0. The van der Waals surface area contributed by atoms with Crippen molar-refractivity contribution in [3.8, 4) is 0 Å². The van der Waals surface area contributed by atoms with Crippen LogP contribution in [0.1, 0.15) is 28.8 Å². The van der Waals surface area contributed by atoms with Crippen LogP contribution in [-0.2, 0) is 4.79 Å². The Labute approximate surface area is 129 Å². The van der Waals surface area contributed by atoms with E-state index in [-0.39, 0.29) is 23.5 Å². The summed E-state index contributed by atoms with van der Waals surface area (Å²) in [6, 6.07) is 18.9. The van der Waals surface area contributed by atoms with Crippen LogP contribution in [0.3, 0.4) is 0 Å². The molecule has 0 saturated heterocycles. The zero-order valence-corrected chi connectivity index (χ0v) is 12.3. The number of hydrogen-bond donors (Lipinski definition) is 1. The highest BCUT2D eigenvalue weighted by Gasteiger charge is 2.58. The first-order chi connectivity index (χ1) is 10.6. The maximum atomic E-state index is 12.7. The van der Waals surface area contributed by atoms with Gasteiger partial charge in [-0.3, -0.25) is 9.59 Å². The molecule has 112 valence electrons. The molecular weight excluding hydrogens is 276 g/mol. The van der Waals surface area contributed by atoms with Crippen LogP contribution in [0.15, 0.2) is 60.7 Å². The highest BCUT2D eigenvalue weighted by Crippen LogP contribution is 2.59. The average molecular weight is 294 g/mol. The van der Waals surface area contributed by atoms with Gasteiger partial charge < -0.3 is 5.11 Å². The van der Waals surface area contributed by atoms with Crippen LogP contribution >= 0.6 is 0 Å². The first-order valence-corrected chi connectivity index (χ1v) is 7.48. The van der Waals surface area contributed by atoms with Crippen LogP contribution in [0.25, 0.3) is 0 Å². The molecule has 0 heterocycles. The van der Waals surface area contributed by atoms with Gasteiger partial charge in [0.15, 0.2) is 5.78 Å². The van der Waals surface area contributed by atoms with E-state index in [1.165, 1.54) is 0 Å². The minimum Gasteiger partial charge on any atom is -0.481 e. The van der Waals surface area contributed by atoms with E-state index >= 15 is 0 Å². The highest BCUT2D eigenvalue weighted by atomic mass is 16.4. The molecule has 0 unspecified atom stereocenters. The van der Waals surface area contributed by atoms with E-state index in [4.69, 9.17) is 0 Å². The number of carboxylic acid groups (broad SMARTS) is 1. The Morgan fingerprint density at radius 1 is 0.955 bits per heavy atom. The molecule has 1 N–H and O–H groups in total. The number of Topliss-reactive ketones (excluding diaryl/α,β-unsaturated/α-hetero) is 1. The number of hydrogen-bond acceptors (Lipinski definition) is 2. The van der Waals surface area contributed by atoms with Crippen molar-refractivity contribution in [3.63, 3.8) is 0 Å². The zero-order chi connectivity index (χ0) is 15.7. The van der Waals surface area contributed by atoms with E-state index in [9.17, 15) is 14.7 Å². The second kappa shape index (κ2) is 5.76. The molecule has 0 aliphatic heterocycles. The van der Waals surface area contributed by atoms with Crippen LogP contribution in [0, 0.1) is 17.8 Å². The SMILES string of the molecule is C[C@H](C(=O)O)[C@@H]1[C@@H](C(=O)c2ccccc2)[C@@H]1c1ccccc1. The van der Waals surface area contributed by atoms with Gasteiger partial charge >= 0.3 is 5.97 Å². The van der Waals surface area contributed by atoms with E-state index in [0.717, 1.165) is 5.56 Å². The molecule has 0 radical (unpaired) electrons. The molecule has 3 heteroatoms. The van der Waals surface area contributed by atoms with Crippen LogP contribution in [0.5, 0.6) is 0 Å². The Morgan fingerprint density at radius 2 is 1.50 bits per heavy atom. The lowest BCUT2D eigenvalue weighted by Gasteiger charge is -2.05. The summed E-state index contributed by atoms with van der Waals surface area (Å²) in [5.74, 6) is -1.69. The van der Waals surface area contributed by atoms with Gasteiger partial charge in [-0.25, -0.2) is 0 Å². The summed E-state index contributed by atoms with van der Waals surface area (Å²) in [6.07, 6.45) is 0. The van der Waals surface area contributed by atoms with Crippen molar-refractivity contribution in [3.05, 3.63) is 71.8 Å². The third-order valence-corrected chi connectivity index (χ3v) is 4.59. The number of benzene rings is 2. The van der Waals surface area contributed by atoms with Crippen LogP contribution < -0.4 is 0 Å². The van der Waals surface area contributed by atoms with E-state index in [2.05, 4.69) is 0 Å². The monoisotopic (exact) mass is 294 g/mol. The fourth-order valence-electron chi connectivity index (χ4n) is 3.36. The fourth-order valence-corrected chi connectivity index (χ4v) is 3.36. The third kappa shape index (κ3) is 2.54. The maximum absolute atomic E-state index is 12.7. The summed E-state index contributed by atoms with van der Waals surface area (Å²) in [5.41, 5.74) is 1.71. The van der Waals surface area contributed by atoms with Crippen LogP contribution in [0.4, 0.5) is 0 Å². The largest absolute Gasteiger partial charge is 0.481 e. The summed E-state index contributed by atoms with van der Waals surface area (Å²) >= 11 is 0. The molecule has 0 amide bonds. The number of rotatable bonds is 5. The molecule has 0 aromatic heterocycles. The van der Waals surface area contributed by atoms with Gasteiger partial charge in [-0.2, -0.15) is 0 Å². The number of carboxylic acids is 1. The molecule has 1 saturated carbocycles. The van der Waals surface area contributed by atoms with Crippen LogP contribution in [0.2, 0.25) is 0 Å². The van der Waals surface area contributed by atoms with Gasteiger partial charge in [0.1, 0.15) is 0 Å². The van der Waals surface area contributed by atoms with Gasteiger partial charge in [0.2, 0.25) is 0 Å². The minimum atomic E-state index is -0.839. The Hall–Kier alpha value is -2.42. The first-order valence-electron chi connectivity index (χ1n) is 7.48. The standard InChI is InChI=1S/C19H18O3/c1-12(19(21)22)15-16(13-8-4-2-5-9-13)17(15)18(20)14-10-6-3-7-11-14/h2-12,15-17H,1H3,(H,21,22)/t12-,15-,16+,17+/m0/s1. The lowest BCUT2D eigenvalue weighted by molar-refractivity contribution is -0.141. The second-order valence-corrected chi connectivity index (χ2v) is 5.90. The Balaban J connectivity index is 1.91. The molecule has 22 heavy (non-hydrogen) atoms. The van der Waals surface area contributed by atoms with Gasteiger partial charge in [-0.05, 0) is 17.4 Å². The number of carbonyl (C=O) groups is 2. The number of carbonyl (C=O) groups excluding carboxylic acids is 1. The minimum absolute atomic E-state index is 0.00000567. The zero-order valence-electron chi connectivity index (χ0n) is 12.3. The molecule has 2 aromatic rings. The van der Waals surface area contributed by atoms with Crippen molar-refractivity contribution < 1.29 is 14.7 Å². The van der Waals surface area contributed by atoms with Crippen molar-refractivity contribution in [1.29, 1.82) is 0 Å². The molecule has 4 atom stereocenters. The van der Waals surface area contributed by atoms with Gasteiger partial charge in [-0.15, -0.1) is 0 Å². The molecule has 1 aliphatic rings. The quantitative estimate of drug-likeness (QED) is 0.857. The molecule has 2 aromatic carbocycles. The first kappa shape index (κ1) is 14.5. The molecule has 1 aliphatic carbocycles. The van der Waals surface area contributed by atoms with E-state index in [1.54, 1.807) is 19.1 Å². The predicted octanol–water partition coefficient (Wildman–Crippen LogP) is 3.62. The molecule has 1 fully saturated rings. The van der Waals surface area contributed by atoms with Crippen molar-refractivity contribution in [2.45, 2.75) is 12.8 Å². The maximum Gasteiger partial charge on any atom is 0.306 e. The lowest BCUT2D eigenvalue weighted by atomic mass is 10.00. The topological polar surface area (TPSA) is 54.4 Å². The number of ketones is 1. The van der Waals surface area contributed by atoms with Crippen LogP contribution in [-0.4, -0.2) is 16.9 Å². The Bertz CT molecular complexity index is 678. The number of aliphatic carboxylic acids is 1. The second-order valence-electron chi connectivity index (χ2n) is 5.90. The molecular formula is C19H18O3. The van der Waals surface area contributed by atoms with Crippen molar-refractivity contribution >= 4 is 11.8 Å². The van der Waals surface area contributed by atoms with Gasteiger partial charge in [0, 0.05) is 11.5 Å². The summed E-state index contributed by atoms with van der Waals surface area (Å²) in [5, 5.41) is 9.32. The molecule has 3 nitrogen and oxygen atoms in total. The molecule has 3 rings (SSSR count). The van der Waals surface area contributed by atoms with E-state index < -0.39 is 11.9 Å². The summed E-state index contributed by atoms with van der Waals surface area (Å²) in [6.45, 7) is 1.70. The van der Waals surface area contributed by atoms with E-state index in [1.807, 2.05) is 48.5 Å². The molecule has 0 spiro atoms. The average Bonchev–Trinajstić information content (AvgIpc) is 3.30. The molecule has 0 bridgehead atoms. The van der Waals surface area contributed by atoms with E-state index in [0.29, 0.717) is 5.56 Å². The summed E-state index contributed by atoms with van der Waals surface area (Å²) < 4.78 is 0. The Kier molecular flexibility index (Phi) is 3.80. The van der Waals surface area contributed by atoms with Crippen molar-refractivity contribution in [2.75, 3.05) is 0 Å². The van der Waals surface area contributed by atoms with Gasteiger partial charge in [-0.1, -0.05) is 67.6 Å².